The average molecular weight is 426 g/mol. The lowest BCUT2D eigenvalue weighted by Crippen LogP contribution is -2.54. The summed E-state index contributed by atoms with van der Waals surface area (Å²) in [5, 5.41) is 0. The topological polar surface area (TPSA) is 46.1 Å². The summed E-state index contributed by atoms with van der Waals surface area (Å²) in [6.45, 7) is 11.9. The molecule has 2 aromatic carbocycles. The summed E-state index contributed by atoms with van der Waals surface area (Å²) in [4.78, 5) is 27.0. The Balaban J connectivity index is 1.60. The van der Waals surface area contributed by atoms with Crippen molar-refractivity contribution in [3.05, 3.63) is 64.5 Å². The highest BCUT2D eigenvalue weighted by molar-refractivity contribution is 6.04. The van der Waals surface area contributed by atoms with Crippen LogP contribution in [0.4, 0.5) is 5.69 Å². The number of hydrogen-bond donors (Lipinski definition) is 0. The number of hydrogen-bond acceptors (Lipinski definition) is 3. The Kier molecular flexibility index (Phi) is 3.84. The van der Waals surface area contributed by atoms with Gasteiger partial charge in [-0.05, 0) is 79.8 Å². The van der Waals surface area contributed by atoms with Gasteiger partial charge in [0.2, 0.25) is 5.91 Å². The summed E-state index contributed by atoms with van der Waals surface area (Å²) in [5.74, 6) is 0.217. The summed E-state index contributed by atoms with van der Waals surface area (Å²) in [5.41, 5.74) is 7.57. The van der Waals surface area contributed by atoms with Crippen LogP contribution in [0, 0.1) is 19.3 Å². The van der Waals surface area contributed by atoms with Crippen LogP contribution in [0.15, 0.2) is 36.4 Å². The van der Waals surface area contributed by atoms with Gasteiger partial charge in [-0.25, -0.2) is 9.97 Å². The highest BCUT2D eigenvalue weighted by atomic mass is 16.2. The zero-order valence-electron chi connectivity index (χ0n) is 19.7. The molecule has 2 atom stereocenters. The lowest BCUT2D eigenvalue weighted by atomic mass is 9.63. The van der Waals surface area contributed by atoms with Crippen molar-refractivity contribution in [3.8, 4) is 0 Å². The third-order valence-corrected chi connectivity index (χ3v) is 9.37. The molecule has 1 aliphatic heterocycles. The van der Waals surface area contributed by atoms with Gasteiger partial charge in [0.15, 0.2) is 0 Å². The smallest absolute Gasteiger partial charge is 0.239 e. The summed E-state index contributed by atoms with van der Waals surface area (Å²) >= 11 is 0. The molecular formula is C28H31N3O. The molecule has 3 aliphatic rings. The zero-order valence-corrected chi connectivity index (χ0v) is 19.7. The van der Waals surface area contributed by atoms with Gasteiger partial charge < -0.3 is 4.90 Å². The van der Waals surface area contributed by atoms with E-state index in [2.05, 4.69) is 69.9 Å². The fourth-order valence-electron chi connectivity index (χ4n) is 6.81. The maximum atomic E-state index is 14.6. The Hall–Kier alpha value is -2.75. The predicted molar refractivity (Wildman–Crippen MR) is 128 cm³/mol. The molecule has 2 unspecified atom stereocenters. The first-order chi connectivity index (χ1) is 15.2. The highest BCUT2D eigenvalue weighted by Crippen LogP contribution is 2.70. The van der Waals surface area contributed by atoms with E-state index in [9.17, 15) is 4.79 Å². The third-order valence-electron chi connectivity index (χ3n) is 9.37. The van der Waals surface area contributed by atoms with Gasteiger partial charge in [0.1, 0.15) is 0 Å². The number of aryl methyl sites for hydroxylation is 3. The number of rotatable bonds is 1. The molecule has 6 rings (SSSR count). The maximum Gasteiger partial charge on any atom is 0.239 e. The number of carbonyl (C=O) groups excluding carboxylic acids is 1. The van der Waals surface area contributed by atoms with Crippen molar-refractivity contribution in [3.63, 3.8) is 0 Å². The minimum atomic E-state index is -0.637. The molecule has 0 saturated heterocycles. The van der Waals surface area contributed by atoms with Crippen LogP contribution in [0.5, 0.6) is 0 Å². The molecule has 1 saturated carbocycles. The van der Waals surface area contributed by atoms with Crippen molar-refractivity contribution in [1.29, 1.82) is 0 Å². The van der Waals surface area contributed by atoms with Crippen LogP contribution in [-0.4, -0.2) is 22.4 Å². The van der Waals surface area contributed by atoms with E-state index in [1.807, 2.05) is 6.07 Å². The summed E-state index contributed by atoms with van der Waals surface area (Å²) in [7, 11) is 0. The number of carbonyl (C=O) groups is 1. The van der Waals surface area contributed by atoms with Crippen molar-refractivity contribution in [2.45, 2.75) is 71.1 Å². The Morgan fingerprint density at radius 1 is 0.938 bits per heavy atom. The van der Waals surface area contributed by atoms with Gasteiger partial charge in [-0.15, -0.1) is 0 Å². The molecule has 0 spiro atoms. The molecule has 2 heterocycles. The summed E-state index contributed by atoms with van der Waals surface area (Å²) in [6.07, 6.45) is 3.85. The molecule has 164 valence electrons. The molecule has 0 radical (unpaired) electrons. The molecule has 1 aromatic heterocycles. The van der Waals surface area contributed by atoms with Crippen molar-refractivity contribution in [2.75, 3.05) is 11.4 Å². The van der Waals surface area contributed by atoms with Crippen LogP contribution in [0.2, 0.25) is 0 Å². The molecule has 2 aliphatic carbocycles. The number of benzene rings is 2. The lowest BCUT2D eigenvalue weighted by molar-refractivity contribution is -0.127. The average Bonchev–Trinajstić information content (AvgIpc) is 3.07. The first-order valence-corrected chi connectivity index (χ1v) is 11.9. The van der Waals surface area contributed by atoms with Crippen LogP contribution in [0.1, 0.15) is 68.1 Å². The molecular weight excluding hydrogens is 394 g/mol. The van der Waals surface area contributed by atoms with Gasteiger partial charge in [0, 0.05) is 17.6 Å². The number of amides is 1. The Labute approximate surface area is 190 Å². The van der Waals surface area contributed by atoms with E-state index < -0.39 is 5.41 Å². The molecule has 0 N–H and O–H groups in total. The van der Waals surface area contributed by atoms with Gasteiger partial charge in [-0.1, -0.05) is 39.0 Å². The standard InChI is InChI=1S/C28H31N3O/c1-17-15-20-21(16-18(17)2)30-24-23(29-20)27(5)12-13-28(24,26(27,3)4)25(32)31-14-8-10-19-9-6-7-11-22(19)31/h6-7,9,11,15-16H,8,10,12-14H2,1-5H3. The first kappa shape index (κ1) is 19.9. The van der Waals surface area contributed by atoms with E-state index in [4.69, 9.17) is 9.97 Å². The van der Waals surface area contributed by atoms with E-state index in [-0.39, 0.29) is 16.7 Å². The number of nitrogens with zero attached hydrogens (tertiary/aromatic N) is 3. The van der Waals surface area contributed by atoms with Crippen molar-refractivity contribution < 1.29 is 4.79 Å². The fraction of sp³-hybridized carbons (Fsp3) is 0.464. The normalized spacial score (nSPS) is 27.5. The van der Waals surface area contributed by atoms with E-state index in [0.717, 1.165) is 60.3 Å². The van der Waals surface area contributed by atoms with Gasteiger partial charge in [-0.3, -0.25) is 4.79 Å². The van der Waals surface area contributed by atoms with E-state index in [1.165, 1.54) is 16.7 Å². The second kappa shape index (κ2) is 6.18. The molecule has 4 nitrogen and oxygen atoms in total. The first-order valence-electron chi connectivity index (χ1n) is 11.9. The highest BCUT2D eigenvalue weighted by Gasteiger charge is 2.73. The van der Waals surface area contributed by atoms with Crippen molar-refractivity contribution >= 4 is 22.6 Å². The number of fused-ring (bicyclic) bond motifs is 7. The Morgan fingerprint density at radius 3 is 2.31 bits per heavy atom. The molecule has 32 heavy (non-hydrogen) atoms. The van der Waals surface area contributed by atoms with E-state index in [0.29, 0.717) is 0 Å². The van der Waals surface area contributed by atoms with Crippen molar-refractivity contribution in [1.82, 2.24) is 9.97 Å². The van der Waals surface area contributed by atoms with Crippen LogP contribution in [-0.2, 0) is 22.0 Å². The zero-order chi connectivity index (χ0) is 22.5. The minimum absolute atomic E-state index is 0.159. The Morgan fingerprint density at radius 2 is 1.59 bits per heavy atom. The maximum absolute atomic E-state index is 14.6. The van der Waals surface area contributed by atoms with Crippen LogP contribution < -0.4 is 4.90 Å². The lowest BCUT2D eigenvalue weighted by Gasteiger charge is -2.43. The number of aromatic nitrogens is 2. The summed E-state index contributed by atoms with van der Waals surface area (Å²) in [6, 6.07) is 12.7. The SMILES string of the molecule is Cc1cc2nc3c(nc2cc1C)C1(C(=O)N2CCCc4ccccc42)CCC3(C)C1(C)C. The Bertz CT molecular complexity index is 1310. The molecule has 1 amide bonds. The van der Waals surface area contributed by atoms with Crippen LogP contribution in [0.25, 0.3) is 11.0 Å². The summed E-state index contributed by atoms with van der Waals surface area (Å²) < 4.78 is 0. The quantitative estimate of drug-likeness (QED) is 0.513. The second-order valence-corrected chi connectivity index (χ2v) is 10.9. The third kappa shape index (κ3) is 2.16. The predicted octanol–water partition coefficient (Wildman–Crippen LogP) is 5.56. The second-order valence-electron chi connectivity index (χ2n) is 10.9. The molecule has 3 aromatic rings. The largest absolute Gasteiger partial charge is 0.311 e. The van der Waals surface area contributed by atoms with Gasteiger partial charge in [-0.2, -0.15) is 0 Å². The van der Waals surface area contributed by atoms with Gasteiger partial charge in [0.05, 0.1) is 27.8 Å². The van der Waals surface area contributed by atoms with Crippen LogP contribution >= 0.6 is 0 Å². The monoisotopic (exact) mass is 425 g/mol. The fourth-order valence-corrected chi connectivity index (χ4v) is 6.81. The minimum Gasteiger partial charge on any atom is -0.311 e. The molecule has 1 fully saturated rings. The van der Waals surface area contributed by atoms with Crippen molar-refractivity contribution in [2.24, 2.45) is 5.41 Å². The van der Waals surface area contributed by atoms with E-state index >= 15 is 0 Å². The van der Waals surface area contributed by atoms with E-state index in [1.54, 1.807) is 0 Å². The van der Waals surface area contributed by atoms with Crippen LogP contribution in [0.3, 0.4) is 0 Å². The van der Waals surface area contributed by atoms with Gasteiger partial charge >= 0.3 is 0 Å². The number of para-hydroxylation sites is 1. The number of anilines is 1. The van der Waals surface area contributed by atoms with Gasteiger partial charge in [0.25, 0.3) is 0 Å². The molecule has 4 heteroatoms. The molecule has 2 bridgehead atoms.